The highest BCUT2D eigenvalue weighted by Gasteiger charge is 2.52. The van der Waals surface area contributed by atoms with Gasteiger partial charge in [0.05, 0.1) is 0 Å². The lowest BCUT2D eigenvalue weighted by Crippen LogP contribution is -2.63. The zero-order valence-corrected chi connectivity index (χ0v) is 13.7. The molecule has 3 unspecified atom stereocenters. The summed E-state index contributed by atoms with van der Waals surface area (Å²) in [6.45, 7) is 0. The Morgan fingerprint density at radius 2 is 1.75 bits per heavy atom. The normalized spacial score (nSPS) is 42.8. The molecule has 4 fully saturated rings. The number of halogens is 2. The Bertz CT molecular complexity index is 540. The van der Waals surface area contributed by atoms with E-state index in [2.05, 4.69) is 5.32 Å². The second-order valence-electron chi connectivity index (χ2n) is 8.20. The second-order valence-corrected chi connectivity index (χ2v) is 8.20. The van der Waals surface area contributed by atoms with Crippen LogP contribution in [0, 0.1) is 17.8 Å². The molecule has 24 heavy (non-hydrogen) atoms. The number of hydrogen-bond acceptors (Lipinski definition) is 2. The van der Waals surface area contributed by atoms with Gasteiger partial charge < -0.3 is 16.0 Å². The quantitative estimate of drug-likeness (QED) is 0.808. The van der Waals surface area contributed by atoms with Crippen molar-refractivity contribution < 1.29 is 18.4 Å². The average molecular weight is 341 g/mol. The third kappa shape index (κ3) is 2.65. The largest absolute Gasteiger partial charge is 0.369 e. The van der Waals surface area contributed by atoms with Gasteiger partial charge in [0.2, 0.25) is 5.91 Å². The number of carbonyl (C=O) groups excluding carboxylic acids is 2. The average Bonchev–Trinajstić information content (AvgIpc) is 2.80. The van der Waals surface area contributed by atoms with Gasteiger partial charge in [-0.1, -0.05) is 0 Å². The first kappa shape index (κ1) is 16.1. The molecule has 3 N–H and O–H groups in total. The predicted molar refractivity (Wildman–Crippen MR) is 83.3 cm³/mol. The number of nitrogens with two attached hydrogens (primary N) is 1. The summed E-state index contributed by atoms with van der Waals surface area (Å²) in [5.41, 5.74) is 5.40. The molecule has 2 aliphatic heterocycles. The van der Waals surface area contributed by atoms with Crippen molar-refractivity contribution in [2.45, 2.75) is 75.4 Å². The molecule has 2 saturated heterocycles. The maximum Gasteiger partial charge on any atom is 0.318 e. The maximum absolute atomic E-state index is 13.8. The highest BCUT2D eigenvalue weighted by Crippen LogP contribution is 2.50. The highest BCUT2D eigenvalue weighted by molar-refractivity contribution is 5.78. The number of amides is 3. The number of carbonyl (C=O) groups is 2. The van der Waals surface area contributed by atoms with Gasteiger partial charge in [0.15, 0.2) is 0 Å². The lowest BCUT2D eigenvalue weighted by molar-refractivity contribution is -0.121. The van der Waals surface area contributed by atoms with Crippen molar-refractivity contribution in [3.63, 3.8) is 0 Å². The minimum absolute atomic E-state index is 0.0648. The van der Waals surface area contributed by atoms with Crippen LogP contribution in [0.5, 0.6) is 0 Å². The van der Waals surface area contributed by atoms with Gasteiger partial charge in [0.1, 0.15) is 0 Å². The molecule has 2 heterocycles. The van der Waals surface area contributed by atoms with Gasteiger partial charge in [0.25, 0.3) is 5.92 Å². The predicted octanol–water partition coefficient (Wildman–Crippen LogP) is 2.25. The van der Waals surface area contributed by atoms with E-state index in [4.69, 9.17) is 5.73 Å². The monoisotopic (exact) mass is 341 g/mol. The summed E-state index contributed by atoms with van der Waals surface area (Å²) < 4.78 is 27.6. The van der Waals surface area contributed by atoms with Gasteiger partial charge in [-0.2, -0.15) is 0 Å². The number of nitrogens with one attached hydrogen (secondary N) is 1. The van der Waals surface area contributed by atoms with E-state index in [1.807, 2.05) is 0 Å². The molecule has 3 amide bonds. The highest BCUT2D eigenvalue weighted by atomic mass is 19.3. The van der Waals surface area contributed by atoms with Gasteiger partial charge >= 0.3 is 6.03 Å². The molecule has 4 aliphatic rings. The van der Waals surface area contributed by atoms with Gasteiger partial charge in [-0.3, -0.25) is 4.79 Å². The summed E-state index contributed by atoms with van der Waals surface area (Å²) in [6, 6.07) is -0.808. The van der Waals surface area contributed by atoms with Crippen molar-refractivity contribution in [1.29, 1.82) is 0 Å². The fourth-order valence-corrected chi connectivity index (χ4v) is 5.53. The van der Waals surface area contributed by atoms with Crippen LogP contribution in [0.15, 0.2) is 0 Å². The summed E-state index contributed by atoms with van der Waals surface area (Å²) in [5.74, 6) is -2.18. The van der Waals surface area contributed by atoms with Crippen molar-refractivity contribution in [3.8, 4) is 0 Å². The number of primary amides is 1. The number of fused-ring (bicyclic) bond motifs is 3. The molecule has 2 saturated carbocycles. The van der Waals surface area contributed by atoms with E-state index >= 15 is 0 Å². The standard InChI is InChI=1S/C17H25F2N3O2/c18-17(19)7-11-2-1-3-12(8-17)22(11)16(24)21-14-6-9-4-10(15(20)23)5-13(9)14/h9-14H,1-8H2,(H2,20,23)(H,21,24)/t9-,10?,11?,12?,13-,14+/m1/s1. The number of piperidine rings is 2. The van der Waals surface area contributed by atoms with E-state index in [0.29, 0.717) is 24.7 Å². The van der Waals surface area contributed by atoms with E-state index in [9.17, 15) is 18.4 Å². The fraction of sp³-hybridized carbons (Fsp3) is 0.882. The van der Waals surface area contributed by atoms with Crippen molar-refractivity contribution in [2.24, 2.45) is 23.5 Å². The zero-order valence-electron chi connectivity index (χ0n) is 13.7. The Labute approximate surface area is 140 Å². The first-order valence-electron chi connectivity index (χ1n) is 9.10. The topological polar surface area (TPSA) is 75.4 Å². The molecule has 0 spiro atoms. The Balaban J connectivity index is 1.38. The number of hydrogen-bond donors (Lipinski definition) is 2. The van der Waals surface area contributed by atoms with Crippen molar-refractivity contribution in [2.75, 3.05) is 0 Å². The summed E-state index contributed by atoms with van der Waals surface area (Å²) in [6.07, 6.45) is 4.28. The van der Waals surface area contributed by atoms with Crippen LogP contribution >= 0.6 is 0 Å². The SMILES string of the molecule is NC(=O)C1C[C@@H]2C[C@H](NC(=O)N3C4CCCC3CC(F)(F)C4)[C@@H]2C1. The van der Waals surface area contributed by atoms with Crippen LogP contribution in [0.2, 0.25) is 0 Å². The van der Waals surface area contributed by atoms with Crippen LogP contribution < -0.4 is 11.1 Å². The van der Waals surface area contributed by atoms with Crippen molar-refractivity contribution in [3.05, 3.63) is 0 Å². The number of nitrogens with zero attached hydrogens (tertiary/aromatic N) is 1. The maximum atomic E-state index is 13.8. The molecule has 0 aromatic heterocycles. The first-order valence-corrected chi connectivity index (χ1v) is 9.10. The molecule has 2 aliphatic carbocycles. The number of urea groups is 1. The molecule has 0 aromatic rings. The van der Waals surface area contributed by atoms with Crippen molar-refractivity contribution in [1.82, 2.24) is 10.2 Å². The third-order valence-electron chi connectivity index (χ3n) is 6.70. The summed E-state index contributed by atoms with van der Waals surface area (Å²) in [7, 11) is 0. The lowest BCUT2D eigenvalue weighted by Gasteiger charge is -2.50. The molecule has 0 radical (unpaired) electrons. The van der Waals surface area contributed by atoms with Crippen molar-refractivity contribution >= 4 is 11.9 Å². The van der Waals surface area contributed by atoms with E-state index in [-0.39, 0.29) is 48.8 Å². The van der Waals surface area contributed by atoms with Crippen LogP contribution in [0.4, 0.5) is 13.6 Å². The Morgan fingerprint density at radius 3 is 2.38 bits per heavy atom. The molecule has 134 valence electrons. The van der Waals surface area contributed by atoms with Gasteiger partial charge in [-0.15, -0.1) is 0 Å². The van der Waals surface area contributed by atoms with E-state index in [1.165, 1.54) is 0 Å². The second kappa shape index (κ2) is 5.56. The van der Waals surface area contributed by atoms with Crippen LogP contribution in [-0.2, 0) is 4.79 Å². The third-order valence-corrected chi connectivity index (χ3v) is 6.70. The number of rotatable bonds is 2. The van der Waals surface area contributed by atoms with E-state index in [1.54, 1.807) is 4.90 Å². The van der Waals surface area contributed by atoms with Crippen LogP contribution in [0.1, 0.15) is 51.4 Å². The van der Waals surface area contributed by atoms with Gasteiger partial charge in [0, 0.05) is 36.9 Å². The molecular weight excluding hydrogens is 316 g/mol. The van der Waals surface area contributed by atoms with Gasteiger partial charge in [-0.05, 0) is 50.4 Å². The summed E-state index contributed by atoms with van der Waals surface area (Å²) >= 11 is 0. The molecule has 2 bridgehead atoms. The molecule has 4 rings (SSSR count). The fourth-order valence-electron chi connectivity index (χ4n) is 5.53. The first-order chi connectivity index (χ1) is 11.3. The summed E-state index contributed by atoms with van der Waals surface area (Å²) in [4.78, 5) is 25.7. The Kier molecular flexibility index (Phi) is 3.73. The zero-order chi connectivity index (χ0) is 17.1. The van der Waals surface area contributed by atoms with Crippen LogP contribution in [0.3, 0.4) is 0 Å². The molecule has 6 atom stereocenters. The smallest absolute Gasteiger partial charge is 0.318 e. The van der Waals surface area contributed by atoms with Crippen LogP contribution in [0.25, 0.3) is 0 Å². The van der Waals surface area contributed by atoms with E-state index < -0.39 is 5.92 Å². The number of alkyl halides is 2. The minimum atomic E-state index is -2.64. The molecule has 0 aromatic carbocycles. The molecule has 7 heteroatoms. The lowest BCUT2D eigenvalue weighted by atomic mass is 9.71. The Morgan fingerprint density at radius 1 is 1.08 bits per heavy atom. The minimum Gasteiger partial charge on any atom is -0.369 e. The molecule has 5 nitrogen and oxygen atoms in total. The van der Waals surface area contributed by atoms with Crippen LogP contribution in [-0.4, -0.2) is 40.9 Å². The van der Waals surface area contributed by atoms with E-state index in [0.717, 1.165) is 25.7 Å². The Hall–Kier alpha value is -1.40. The molecular formula is C17H25F2N3O2. The van der Waals surface area contributed by atoms with Gasteiger partial charge in [-0.25, -0.2) is 13.6 Å². The summed E-state index contributed by atoms with van der Waals surface area (Å²) in [5, 5.41) is 3.06.